The Hall–Kier alpha value is -1.41. The molecule has 0 bridgehead atoms. The van der Waals surface area contributed by atoms with Crippen molar-refractivity contribution in [2.45, 2.75) is 25.1 Å². The number of carbonyl (C=O) groups is 2. The number of amides is 1. The number of ketones is 1. The van der Waals surface area contributed by atoms with E-state index in [9.17, 15) is 22.8 Å². The highest BCUT2D eigenvalue weighted by atomic mass is 32.1. The summed E-state index contributed by atoms with van der Waals surface area (Å²) in [6.07, 6.45) is -2.48. The van der Waals surface area contributed by atoms with E-state index >= 15 is 0 Å². The Labute approximate surface area is 129 Å². The van der Waals surface area contributed by atoms with Gasteiger partial charge in [0.05, 0.1) is 9.75 Å². The highest BCUT2D eigenvalue weighted by Gasteiger charge is 2.40. The minimum atomic E-state index is -4.90. The van der Waals surface area contributed by atoms with E-state index in [1.165, 1.54) is 18.9 Å². The molecule has 22 heavy (non-hydrogen) atoms. The standard InChI is InChI=1S/C14H15F3N2O2S/c15-14(16,17)12(20)10-3-4-11(22-10)13(21)19-7-5-18(6-8-19)9-1-2-9/h3-4,9H,1-2,5-8H2. The predicted octanol–water partition coefficient (Wildman–Crippen LogP) is 2.41. The largest absolute Gasteiger partial charge is 0.455 e. The molecule has 0 aromatic carbocycles. The molecular formula is C14H15F3N2O2S. The fourth-order valence-corrected chi connectivity index (χ4v) is 3.53. The number of rotatable bonds is 3. The summed E-state index contributed by atoms with van der Waals surface area (Å²) in [7, 11) is 0. The predicted molar refractivity (Wildman–Crippen MR) is 75.2 cm³/mol. The highest BCUT2D eigenvalue weighted by molar-refractivity contribution is 7.16. The zero-order valence-electron chi connectivity index (χ0n) is 11.7. The molecule has 1 aliphatic carbocycles. The monoisotopic (exact) mass is 332 g/mol. The van der Waals surface area contributed by atoms with Crippen molar-refractivity contribution < 1.29 is 22.8 Å². The molecule has 1 saturated heterocycles. The summed E-state index contributed by atoms with van der Waals surface area (Å²) in [6, 6.07) is 3.03. The van der Waals surface area contributed by atoms with E-state index in [0.717, 1.165) is 19.2 Å². The second-order valence-corrected chi connectivity index (χ2v) is 6.63. The molecule has 0 unspecified atom stereocenters. The van der Waals surface area contributed by atoms with Crippen LogP contribution in [0.4, 0.5) is 13.2 Å². The van der Waals surface area contributed by atoms with Crippen LogP contribution in [0.25, 0.3) is 0 Å². The van der Waals surface area contributed by atoms with Crippen LogP contribution in [-0.4, -0.2) is 59.9 Å². The number of hydrogen-bond acceptors (Lipinski definition) is 4. The van der Waals surface area contributed by atoms with Crippen LogP contribution in [0.15, 0.2) is 12.1 Å². The molecular weight excluding hydrogens is 317 g/mol. The first-order valence-corrected chi connectivity index (χ1v) is 7.92. The number of alkyl halides is 3. The molecule has 0 atom stereocenters. The van der Waals surface area contributed by atoms with Crippen LogP contribution < -0.4 is 0 Å². The van der Waals surface area contributed by atoms with Crippen molar-refractivity contribution >= 4 is 23.0 Å². The summed E-state index contributed by atoms with van der Waals surface area (Å²) < 4.78 is 37.1. The molecule has 2 heterocycles. The van der Waals surface area contributed by atoms with Crippen LogP contribution in [0, 0.1) is 0 Å². The van der Waals surface area contributed by atoms with Crippen molar-refractivity contribution in [3.8, 4) is 0 Å². The van der Waals surface area contributed by atoms with E-state index < -0.39 is 16.8 Å². The van der Waals surface area contributed by atoms with Gasteiger partial charge in [0.25, 0.3) is 11.7 Å². The Kier molecular flexibility index (Phi) is 3.98. The third kappa shape index (κ3) is 3.17. The van der Waals surface area contributed by atoms with Gasteiger partial charge in [0.1, 0.15) is 0 Å². The summed E-state index contributed by atoms with van der Waals surface area (Å²) >= 11 is 0.615. The van der Waals surface area contributed by atoms with Gasteiger partial charge in [-0.05, 0) is 25.0 Å². The average Bonchev–Trinajstić information content (AvgIpc) is 3.22. The van der Waals surface area contributed by atoms with Crippen LogP contribution in [-0.2, 0) is 0 Å². The van der Waals surface area contributed by atoms with Crippen molar-refractivity contribution in [3.63, 3.8) is 0 Å². The number of Topliss-reactive ketones (excluding diaryl/α,β-unsaturated/α-hetero) is 1. The number of piperazine rings is 1. The topological polar surface area (TPSA) is 40.6 Å². The van der Waals surface area contributed by atoms with Gasteiger partial charge < -0.3 is 4.90 Å². The Bertz CT molecular complexity index is 587. The Morgan fingerprint density at radius 3 is 2.18 bits per heavy atom. The minimum Gasteiger partial charge on any atom is -0.335 e. The first-order valence-electron chi connectivity index (χ1n) is 7.11. The number of hydrogen-bond donors (Lipinski definition) is 0. The fourth-order valence-electron chi connectivity index (χ4n) is 2.60. The van der Waals surface area contributed by atoms with Gasteiger partial charge in [-0.25, -0.2) is 0 Å². The zero-order valence-corrected chi connectivity index (χ0v) is 12.5. The lowest BCUT2D eigenvalue weighted by Gasteiger charge is -2.34. The van der Waals surface area contributed by atoms with Gasteiger partial charge in [-0.3, -0.25) is 14.5 Å². The Morgan fingerprint density at radius 2 is 1.64 bits per heavy atom. The smallest absolute Gasteiger partial charge is 0.335 e. The van der Waals surface area contributed by atoms with E-state index in [1.54, 1.807) is 4.90 Å². The molecule has 1 amide bonds. The van der Waals surface area contributed by atoms with E-state index in [-0.39, 0.29) is 10.8 Å². The summed E-state index contributed by atoms with van der Waals surface area (Å²) in [5.74, 6) is -2.18. The summed E-state index contributed by atoms with van der Waals surface area (Å²) in [6.45, 7) is 2.76. The third-order valence-corrected chi connectivity index (χ3v) is 5.03. The van der Waals surface area contributed by atoms with Gasteiger partial charge in [0.2, 0.25) is 0 Å². The average molecular weight is 332 g/mol. The second-order valence-electron chi connectivity index (χ2n) is 5.55. The zero-order chi connectivity index (χ0) is 15.9. The Balaban J connectivity index is 1.63. The van der Waals surface area contributed by atoms with E-state index in [4.69, 9.17) is 0 Å². The minimum absolute atomic E-state index is 0.187. The SMILES string of the molecule is O=C(c1ccc(C(=O)C(F)(F)F)s1)N1CCN(C2CC2)CC1. The molecule has 1 aromatic heterocycles. The first kappa shape index (κ1) is 15.5. The molecule has 8 heteroatoms. The molecule has 3 rings (SSSR count). The molecule has 120 valence electrons. The van der Waals surface area contributed by atoms with E-state index in [2.05, 4.69) is 4.90 Å². The van der Waals surface area contributed by atoms with Crippen molar-refractivity contribution in [2.24, 2.45) is 0 Å². The normalized spacial score (nSPS) is 20.2. The number of nitrogens with zero attached hydrogens (tertiary/aromatic N) is 2. The lowest BCUT2D eigenvalue weighted by atomic mass is 10.2. The maximum Gasteiger partial charge on any atom is 0.455 e. The first-order chi connectivity index (χ1) is 10.4. The highest BCUT2D eigenvalue weighted by Crippen LogP contribution is 2.29. The van der Waals surface area contributed by atoms with Crippen molar-refractivity contribution in [1.82, 2.24) is 9.80 Å². The number of carbonyl (C=O) groups excluding carboxylic acids is 2. The van der Waals surface area contributed by atoms with Crippen molar-refractivity contribution in [1.29, 1.82) is 0 Å². The van der Waals surface area contributed by atoms with Gasteiger partial charge in [0, 0.05) is 32.2 Å². The summed E-state index contributed by atoms with van der Waals surface area (Å²) in [5, 5.41) is 0. The third-order valence-electron chi connectivity index (χ3n) is 3.96. The molecule has 0 N–H and O–H groups in total. The lowest BCUT2D eigenvalue weighted by molar-refractivity contribution is -0.0882. The van der Waals surface area contributed by atoms with Gasteiger partial charge in [-0.1, -0.05) is 0 Å². The van der Waals surface area contributed by atoms with E-state index in [1.807, 2.05) is 0 Å². The van der Waals surface area contributed by atoms with Crippen LogP contribution >= 0.6 is 11.3 Å². The summed E-state index contributed by atoms with van der Waals surface area (Å²) in [5.41, 5.74) is 0. The van der Waals surface area contributed by atoms with Crippen molar-refractivity contribution in [2.75, 3.05) is 26.2 Å². The summed E-state index contributed by atoms with van der Waals surface area (Å²) in [4.78, 5) is 27.2. The van der Waals surface area contributed by atoms with Crippen LogP contribution in [0.1, 0.15) is 32.2 Å². The van der Waals surface area contributed by atoms with Gasteiger partial charge in [0.15, 0.2) is 0 Å². The molecule has 1 aromatic rings. The molecule has 2 fully saturated rings. The number of halogens is 3. The molecule has 4 nitrogen and oxygen atoms in total. The lowest BCUT2D eigenvalue weighted by Crippen LogP contribution is -2.49. The molecule has 0 spiro atoms. The molecule has 1 aliphatic heterocycles. The van der Waals surface area contributed by atoms with Crippen LogP contribution in [0.2, 0.25) is 0 Å². The van der Waals surface area contributed by atoms with E-state index in [0.29, 0.717) is 30.5 Å². The quantitative estimate of drug-likeness (QED) is 0.798. The molecule has 0 radical (unpaired) electrons. The molecule has 1 saturated carbocycles. The number of thiophene rings is 1. The van der Waals surface area contributed by atoms with Gasteiger partial charge in [-0.2, -0.15) is 13.2 Å². The Morgan fingerprint density at radius 1 is 1.05 bits per heavy atom. The van der Waals surface area contributed by atoms with Crippen LogP contribution in [0.3, 0.4) is 0 Å². The maximum atomic E-state index is 12.4. The fraction of sp³-hybridized carbons (Fsp3) is 0.571. The second kappa shape index (κ2) is 5.66. The van der Waals surface area contributed by atoms with Gasteiger partial charge in [-0.15, -0.1) is 11.3 Å². The van der Waals surface area contributed by atoms with Crippen molar-refractivity contribution in [3.05, 3.63) is 21.9 Å². The van der Waals surface area contributed by atoms with Crippen LogP contribution in [0.5, 0.6) is 0 Å². The molecule has 2 aliphatic rings. The van der Waals surface area contributed by atoms with Gasteiger partial charge >= 0.3 is 6.18 Å². The maximum absolute atomic E-state index is 12.4.